The SMILES string of the molecule is C=C(C(=O)OCC)C(O)C#CCCOCc1ccccc1. The highest BCUT2D eigenvalue weighted by Crippen LogP contribution is 2.02. The van der Waals surface area contributed by atoms with Crippen molar-refractivity contribution in [3.8, 4) is 11.8 Å². The lowest BCUT2D eigenvalue weighted by molar-refractivity contribution is -0.139. The summed E-state index contributed by atoms with van der Waals surface area (Å²) in [5.41, 5.74) is 1.05. The molecule has 0 aliphatic rings. The minimum Gasteiger partial charge on any atom is -0.463 e. The zero-order chi connectivity index (χ0) is 15.5. The number of hydrogen-bond acceptors (Lipinski definition) is 4. The van der Waals surface area contributed by atoms with E-state index in [1.165, 1.54) is 0 Å². The number of rotatable bonds is 7. The van der Waals surface area contributed by atoms with Crippen molar-refractivity contribution in [2.45, 2.75) is 26.1 Å². The van der Waals surface area contributed by atoms with Crippen molar-refractivity contribution in [3.63, 3.8) is 0 Å². The number of benzene rings is 1. The molecule has 0 bridgehead atoms. The van der Waals surface area contributed by atoms with Crippen LogP contribution in [0.5, 0.6) is 0 Å². The molecule has 0 saturated heterocycles. The molecule has 0 radical (unpaired) electrons. The Kier molecular flexibility index (Phi) is 7.88. The molecule has 1 rings (SSSR count). The van der Waals surface area contributed by atoms with Gasteiger partial charge in [0.1, 0.15) is 6.10 Å². The molecule has 112 valence electrons. The van der Waals surface area contributed by atoms with Gasteiger partial charge in [0.05, 0.1) is 25.4 Å². The fourth-order valence-corrected chi connectivity index (χ4v) is 1.48. The summed E-state index contributed by atoms with van der Waals surface area (Å²) < 4.78 is 10.2. The van der Waals surface area contributed by atoms with Gasteiger partial charge in [-0.2, -0.15) is 0 Å². The number of hydrogen-bond donors (Lipinski definition) is 1. The van der Waals surface area contributed by atoms with Crippen LogP contribution in [0.2, 0.25) is 0 Å². The van der Waals surface area contributed by atoms with Crippen molar-refractivity contribution in [3.05, 3.63) is 48.0 Å². The summed E-state index contributed by atoms with van der Waals surface area (Å²) in [6.07, 6.45) is -0.724. The number of carbonyl (C=O) groups is 1. The van der Waals surface area contributed by atoms with E-state index in [9.17, 15) is 9.90 Å². The first kappa shape index (κ1) is 17.0. The molecule has 1 aromatic carbocycles. The Morgan fingerprint density at radius 3 is 2.76 bits per heavy atom. The van der Waals surface area contributed by atoms with Gasteiger partial charge in [0.2, 0.25) is 0 Å². The van der Waals surface area contributed by atoms with Gasteiger partial charge in [-0.05, 0) is 12.5 Å². The van der Waals surface area contributed by atoms with E-state index in [4.69, 9.17) is 9.47 Å². The van der Waals surface area contributed by atoms with Gasteiger partial charge < -0.3 is 14.6 Å². The lowest BCUT2D eigenvalue weighted by atomic mass is 10.2. The molecular formula is C17H20O4. The molecule has 4 nitrogen and oxygen atoms in total. The van der Waals surface area contributed by atoms with Crippen molar-refractivity contribution in [1.82, 2.24) is 0 Å². The highest BCUT2D eigenvalue weighted by Gasteiger charge is 2.14. The van der Waals surface area contributed by atoms with Gasteiger partial charge in [-0.1, -0.05) is 48.8 Å². The maximum Gasteiger partial charge on any atom is 0.337 e. The average molecular weight is 288 g/mol. The summed E-state index contributed by atoms with van der Waals surface area (Å²) in [7, 11) is 0. The molecule has 0 amide bonds. The van der Waals surface area contributed by atoms with Gasteiger partial charge in [0, 0.05) is 6.42 Å². The summed E-state index contributed by atoms with van der Waals surface area (Å²) in [5, 5.41) is 9.63. The molecule has 0 fully saturated rings. The number of carbonyl (C=O) groups excluding carboxylic acids is 1. The Labute approximate surface area is 125 Å². The first-order valence-electron chi connectivity index (χ1n) is 6.79. The largest absolute Gasteiger partial charge is 0.463 e. The zero-order valence-electron chi connectivity index (χ0n) is 12.2. The normalized spacial score (nSPS) is 11.1. The smallest absolute Gasteiger partial charge is 0.337 e. The summed E-state index contributed by atoms with van der Waals surface area (Å²) in [5.74, 6) is 4.68. The van der Waals surface area contributed by atoms with Gasteiger partial charge in [-0.25, -0.2) is 4.79 Å². The summed E-state index contributed by atoms with van der Waals surface area (Å²) in [4.78, 5) is 11.3. The first-order valence-corrected chi connectivity index (χ1v) is 6.79. The third-order valence-corrected chi connectivity index (χ3v) is 2.59. The average Bonchev–Trinajstić information content (AvgIpc) is 2.51. The Morgan fingerprint density at radius 1 is 1.38 bits per heavy atom. The first-order chi connectivity index (χ1) is 10.1. The second-order valence-electron chi connectivity index (χ2n) is 4.26. The molecule has 0 aromatic heterocycles. The maximum absolute atomic E-state index is 11.3. The van der Waals surface area contributed by atoms with Crippen molar-refractivity contribution >= 4 is 5.97 Å². The minimum atomic E-state index is -1.20. The van der Waals surface area contributed by atoms with Gasteiger partial charge >= 0.3 is 5.97 Å². The molecule has 0 spiro atoms. The lowest BCUT2D eigenvalue weighted by Crippen LogP contribution is -2.17. The van der Waals surface area contributed by atoms with Crippen LogP contribution in [-0.4, -0.2) is 30.4 Å². The third-order valence-electron chi connectivity index (χ3n) is 2.59. The molecule has 4 heteroatoms. The topological polar surface area (TPSA) is 55.8 Å². The Hall–Kier alpha value is -2.09. The van der Waals surface area contributed by atoms with E-state index in [1.807, 2.05) is 30.3 Å². The lowest BCUT2D eigenvalue weighted by Gasteiger charge is -2.06. The van der Waals surface area contributed by atoms with Crippen LogP contribution in [0.1, 0.15) is 18.9 Å². The Balaban J connectivity index is 2.23. The van der Waals surface area contributed by atoms with E-state index in [2.05, 4.69) is 18.4 Å². The summed E-state index contributed by atoms with van der Waals surface area (Å²) >= 11 is 0. The molecule has 0 aliphatic carbocycles. The molecule has 1 unspecified atom stereocenters. The van der Waals surface area contributed by atoms with E-state index < -0.39 is 12.1 Å². The quantitative estimate of drug-likeness (QED) is 0.361. The third kappa shape index (κ3) is 6.75. The van der Waals surface area contributed by atoms with Crippen LogP contribution < -0.4 is 0 Å². The molecule has 21 heavy (non-hydrogen) atoms. The predicted molar refractivity (Wildman–Crippen MR) is 80.3 cm³/mol. The van der Waals surface area contributed by atoms with Gasteiger partial charge in [0.15, 0.2) is 0 Å². The van der Waals surface area contributed by atoms with Crippen LogP contribution in [0.15, 0.2) is 42.5 Å². The Morgan fingerprint density at radius 2 is 2.10 bits per heavy atom. The van der Waals surface area contributed by atoms with E-state index in [0.29, 0.717) is 19.6 Å². The van der Waals surface area contributed by atoms with Crippen molar-refractivity contribution < 1.29 is 19.4 Å². The predicted octanol–water partition coefficient (Wildman–Crippen LogP) is 2.08. The maximum atomic E-state index is 11.3. The monoisotopic (exact) mass is 288 g/mol. The van der Waals surface area contributed by atoms with Crippen molar-refractivity contribution in [1.29, 1.82) is 0 Å². The second kappa shape index (κ2) is 9.76. The van der Waals surface area contributed by atoms with Gasteiger partial charge in [0.25, 0.3) is 0 Å². The van der Waals surface area contributed by atoms with E-state index in [-0.39, 0.29) is 12.2 Å². The molecule has 1 atom stereocenters. The van der Waals surface area contributed by atoms with Crippen LogP contribution in [0, 0.1) is 11.8 Å². The number of ether oxygens (including phenoxy) is 2. The number of aliphatic hydroxyl groups excluding tert-OH is 1. The highest BCUT2D eigenvalue weighted by molar-refractivity contribution is 5.89. The van der Waals surface area contributed by atoms with Gasteiger partial charge in [-0.15, -0.1) is 0 Å². The number of aliphatic hydroxyl groups is 1. The van der Waals surface area contributed by atoms with Crippen LogP contribution in [-0.2, 0) is 20.9 Å². The van der Waals surface area contributed by atoms with Crippen LogP contribution >= 0.6 is 0 Å². The molecule has 1 aromatic rings. The molecule has 0 aliphatic heterocycles. The van der Waals surface area contributed by atoms with E-state index in [1.54, 1.807) is 6.92 Å². The molecule has 0 saturated carbocycles. The number of esters is 1. The van der Waals surface area contributed by atoms with Gasteiger partial charge in [-0.3, -0.25) is 0 Å². The highest BCUT2D eigenvalue weighted by atomic mass is 16.5. The second-order valence-corrected chi connectivity index (χ2v) is 4.26. The van der Waals surface area contributed by atoms with Crippen molar-refractivity contribution in [2.24, 2.45) is 0 Å². The van der Waals surface area contributed by atoms with Crippen LogP contribution in [0.3, 0.4) is 0 Å². The molecule has 0 heterocycles. The van der Waals surface area contributed by atoms with E-state index >= 15 is 0 Å². The molecule has 1 N–H and O–H groups in total. The van der Waals surface area contributed by atoms with Crippen LogP contribution in [0.4, 0.5) is 0 Å². The fourth-order valence-electron chi connectivity index (χ4n) is 1.48. The Bertz CT molecular complexity index is 511. The summed E-state index contributed by atoms with van der Waals surface area (Å²) in [6.45, 7) is 6.39. The van der Waals surface area contributed by atoms with E-state index in [0.717, 1.165) is 5.56 Å². The standard InChI is InChI=1S/C17H20O4/c1-3-21-17(19)14(2)16(18)11-7-8-12-20-13-15-9-5-4-6-10-15/h4-6,9-10,16,18H,2-3,8,12-13H2,1H3. The fraction of sp³-hybridized carbons (Fsp3) is 0.353. The van der Waals surface area contributed by atoms with Crippen molar-refractivity contribution in [2.75, 3.05) is 13.2 Å². The molecular weight excluding hydrogens is 268 g/mol. The summed E-state index contributed by atoms with van der Waals surface area (Å²) in [6, 6.07) is 9.83. The zero-order valence-corrected chi connectivity index (χ0v) is 12.2. The van der Waals surface area contributed by atoms with Crippen LogP contribution in [0.25, 0.3) is 0 Å². The minimum absolute atomic E-state index is 0.0467.